The van der Waals surface area contributed by atoms with Gasteiger partial charge in [0.1, 0.15) is 0 Å². The highest BCUT2D eigenvalue weighted by Crippen LogP contribution is 2.22. The zero-order valence-electron chi connectivity index (χ0n) is 8.70. The van der Waals surface area contributed by atoms with E-state index in [9.17, 15) is 0 Å². The number of hydrogen-bond acceptors (Lipinski definition) is 1. The fourth-order valence-electron chi connectivity index (χ4n) is 1.77. The van der Waals surface area contributed by atoms with Crippen LogP contribution in [0.3, 0.4) is 0 Å². The van der Waals surface area contributed by atoms with Crippen LogP contribution < -0.4 is 0 Å². The minimum Gasteiger partial charge on any atom is -0.309 e. The fourth-order valence-corrected chi connectivity index (χ4v) is 1.77. The van der Waals surface area contributed by atoms with Crippen LogP contribution in [-0.4, -0.2) is 6.21 Å². The van der Waals surface area contributed by atoms with Crippen LogP contribution >= 0.6 is 0 Å². The Morgan fingerprint density at radius 3 is 2.67 bits per heavy atom. The first-order valence-electron chi connectivity index (χ1n) is 4.98. The SMILES string of the molecule is Cc1ccc2ccccc2c1/C=C\C=N. The average Bonchev–Trinajstić information content (AvgIpc) is 2.28. The summed E-state index contributed by atoms with van der Waals surface area (Å²) in [5.41, 5.74) is 2.45. The van der Waals surface area contributed by atoms with Crippen LogP contribution in [-0.2, 0) is 0 Å². The van der Waals surface area contributed by atoms with Gasteiger partial charge in [-0.1, -0.05) is 42.5 Å². The third kappa shape index (κ3) is 1.82. The van der Waals surface area contributed by atoms with Crippen molar-refractivity contribution in [3.8, 4) is 0 Å². The molecule has 74 valence electrons. The van der Waals surface area contributed by atoms with Crippen LogP contribution in [0, 0.1) is 12.3 Å². The molecule has 2 aromatic rings. The largest absolute Gasteiger partial charge is 0.309 e. The zero-order chi connectivity index (χ0) is 10.7. The predicted octanol–water partition coefficient (Wildman–Crippen LogP) is 3.81. The van der Waals surface area contributed by atoms with Crippen molar-refractivity contribution in [2.24, 2.45) is 0 Å². The number of nitrogens with one attached hydrogen (secondary N) is 1. The highest BCUT2D eigenvalue weighted by atomic mass is 14.3. The molecule has 1 heteroatoms. The first kappa shape index (κ1) is 9.66. The van der Waals surface area contributed by atoms with Crippen molar-refractivity contribution in [1.82, 2.24) is 0 Å². The van der Waals surface area contributed by atoms with Crippen molar-refractivity contribution < 1.29 is 0 Å². The number of allylic oxidation sites excluding steroid dienone is 1. The third-order valence-corrected chi connectivity index (χ3v) is 2.55. The van der Waals surface area contributed by atoms with Crippen LogP contribution in [0.4, 0.5) is 0 Å². The van der Waals surface area contributed by atoms with Crippen molar-refractivity contribution in [1.29, 1.82) is 5.41 Å². The van der Waals surface area contributed by atoms with Gasteiger partial charge in [0.05, 0.1) is 0 Å². The van der Waals surface area contributed by atoms with Crippen LogP contribution in [0.5, 0.6) is 0 Å². The topological polar surface area (TPSA) is 23.9 Å². The summed E-state index contributed by atoms with van der Waals surface area (Å²) in [6.45, 7) is 2.09. The van der Waals surface area contributed by atoms with Crippen LogP contribution in [0.25, 0.3) is 16.8 Å². The second kappa shape index (κ2) is 4.09. The Balaban J connectivity index is 2.73. The van der Waals surface area contributed by atoms with E-state index < -0.39 is 0 Å². The Hall–Kier alpha value is -1.89. The first-order valence-corrected chi connectivity index (χ1v) is 4.98. The van der Waals surface area contributed by atoms with Gasteiger partial charge in [-0.2, -0.15) is 0 Å². The summed E-state index contributed by atoms with van der Waals surface area (Å²) < 4.78 is 0. The van der Waals surface area contributed by atoms with Crippen molar-refractivity contribution >= 4 is 23.1 Å². The third-order valence-electron chi connectivity index (χ3n) is 2.55. The number of aryl methyl sites for hydroxylation is 1. The Kier molecular flexibility index (Phi) is 2.64. The molecule has 0 amide bonds. The lowest BCUT2D eigenvalue weighted by molar-refractivity contribution is 1.48. The molecule has 0 aromatic heterocycles. The van der Waals surface area contributed by atoms with Gasteiger partial charge >= 0.3 is 0 Å². The molecule has 1 N–H and O–H groups in total. The molecule has 0 heterocycles. The molecule has 0 atom stereocenters. The summed E-state index contributed by atoms with van der Waals surface area (Å²) in [4.78, 5) is 0. The van der Waals surface area contributed by atoms with Gasteiger partial charge in [-0.25, -0.2) is 0 Å². The highest BCUT2D eigenvalue weighted by Gasteiger charge is 2.00. The molecular formula is C14H13N. The van der Waals surface area contributed by atoms with Crippen LogP contribution in [0.15, 0.2) is 42.5 Å². The summed E-state index contributed by atoms with van der Waals surface area (Å²) in [6, 6.07) is 12.6. The van der Waals surface area contributed by atoms with Gasteiger partial charge in [-0.15, -0.1) is 0 Å². The summed E-state index contributed by atoms with van der Waals surface area (Å²) in [7, 11) is 0. The molecule has 0 spiro atoms. The van der Waals surface area contributed by atoms with Gasteiger partial charge < -0.3 is 5.41 Å². The normalized spacial score (nSPS) is 11.0. The number of fused-ring (bicyclic) bond motifs is 1. The summed E-state index contributed by atoms with van der Waals surface area (Å²) in [5.74, 6) is 0. The van der Waals surface area contributed by atoms with Crippen molar-refractivity contribution in [2.45, 2.75) is 6.92 Å². The molecule has 0 bridgehead atoms. The summed E-state index contributed by atoms with van der Waals surface area (Å²) in [6.07, 6.45) is 5.06. The number of benzene rings is 2. The van der Waals surface area contributed by atoms with E-state index in [0.717, 1.165) is 0 Å². The van der Waals surface area contributed by atoms with Gasteiger partial charge in [-0.05, 0) is 34.9 Å². The molecule has 0 saturated carbocycles. The Labute approximate surface area is 89.6 Å². The molecule has 0 unspecified atom stereocenters. The number of rotatable bonds is 2. The maximum absolute atomic E-state index is 7.02. The molecule has 1 nitrogen and oxygen atoms in total. The van der Waals surface area contributed by atoms with E-state index in [2.05, 4.69) is 31.2 Å². The monoisotopic (exact) mass is 195 g/mol. The quantitative estimate of drug-likeness (QED) is 0.704. The summed E-state index contributed by atoms with van der Waals surface area (Å²) in [5, 5.41) is 9.51. The molecule has 15 heavy (non-hydrogen) atoms. The fraction of sp³-hybridized carbons (Fsp3) is 0.0714. The number of hydrogen-bond donors (Lipinski definition) is 1. The second-order valence-corrected chi connectivity index (χ2v) is 3.54. The van der Waals surface area contributed by atoms with Crippen LogP contribution in [0.2, 0.25) is 0 Å². The van der Waals surface area contributed by atoms with E-state index in [1.165, 1.54) is 28.1 Å². The molecule has 0 saturated heterocycles. The highest BCUT2D eigenvalue weighted by molar-refractivity contribution is 5.93. The Bertz CT molecular complexity index is 524. The van der Waals surface area contributed by atoms with Crippen molar-refractivity contribution in [3.63, 3.8) is 0 Å². The van der Waals surface area contributed by atoms with E-state index in [1.54, 1.807) is 6.08 Å². The van der Waals surface area contributed by atoms with E-state index in [0.29, 0.717) is 0 Å². The zero-order valence-corrected chi connectivity index (χ0v) is 8.70. The Morgan fingerprint density at radius 2 is 1.87 bits per heavy atom. The van der Waals surface area contributed by atoms with E-state index in [1.807, 2.05) is 18.2 Å². The molecular weight excluding hydrogens is 182 g/mol. The maximum atomic E-state index is 7.02. The lowest BCUT2D eigenvalue weighted by Gasteiger charge is -2.05. The molecule has 0 fully saturated rings. The maximum Gasteiger partial charge on any atom is 0.0177 e. The lowest BCUT2D eigenvalue weighted by atomic mass is 9.99. The van der Waals surface area contributed by atoms with Gasteiger partial charge in [0.2, 0.25) is 0 Å². The van der Waals surface area contributed by atoms with E-state index in [4.69, 9.17) is 5.41 Å². The van der Waals surface area contributed by atoms with Gasteiger partial charge in [0.25, 0.3) is 0 Å². The first-order chi connectivity index (χ1) is 7.33. The molecule has 0 aliphatic rings. The molecule has 2 rings (SSSR count). The standard InChI is InChI=1S/C14H13N/c1-11-8-9-12-5-2-3-6-14(12)13(11)7-4-10-15/h2-10,15H,1H3/b7-4-,15-10?. The van der Waals surface area contributed by atoms with Crippen molar-refractivity contribution in [3.05, 3.63) is 53.6 Å². The van der Waals surface area contributed by atoms with Gasteiger partial charge in [-0.3, -0.25) is 0 Å². The summed E-state index contributed by atoms with van der Waals surface area (Å²) >= 11 is 0. The van der Waals surface area contributed by atoms with Crippen LogP contribution in [0.1, 0.15) is 11.1 Å². The smallest absolute Gasteiger partial charge is 0.0177 e. The van der Waals surface area contributed by atoms with Gasteiger partial charge in [0.15, 0.2) is 0 Å². The second-order valence-electron chi connectivity index (χ2n) is 3.54. The van der Waals surface area contributed by atoms with Crippen molar-refractivity contribution in [2.75, 3.05) is 0 Å². The minimum absolute atomic E-state index is 1.21. The predicted molar refractivity (Wildman–Crippen MR) is 66.5 cm³/mol. The molecule has 0 radical (unpaired) electrons. The minimum atomic E-state index is 1.21. The molecule has 2 aromatic carbocycles. The Morgan fingerprint density at radius 1 is 1.07 bits per heavy atom. The van der Waals surface area contributed by atoms with Gasteiger partial charge in [0, 0.05) is 6.21 Å². The van der Waals surface area contributed by atoms with E-state index >= 15 is 0 Å². The van der Waals surface area contributed by atoms with E-state index in [-0.39, 0.29) is 0 Å². The lowest BCUT2D eigenvalue weighted by Crippen LogP contribution is -1.83. The molecule has 0 aliphatic carbocycles. The molecule has 0 aliphatic heterocycles. The average molecular weight is 195 g/mol.